The topological polar surface area (TPSA) is 56.5 Å². The third-order valence-corrected chi connectivity index (χ3v) is 7.98. The zero-order valence-corrected chi connectivity index (χ0v) is 23.0. The molecule has 0 bridgehead atoms. The quantitative estimate of drug-likeness (QED) is 0.261. The number of rotatable bonds is 8. The number of anilines is 1. The van der Waals surface area contributed by atoms with Crippen LogP contribution in [-0.4, -0.2) is 34.8 Å². The van der Waals surface area contributed by atoms with Gasteiger partial charge in [0, 0.05) is 31.2 Å². The van der Waals surface area contributed by atoms with Crippen LogP contribution < -0.4 is 10.6 Å². The average Bonchev–Trinajstić information content (AvgIpc) is 3.35. The number of hydrogen-bond acceptors (Lipinski definition) is 4. The number of carbonyl (C=O) groups excluding carboxylic acids is 1. The normalized spacial score (nSPS) is 15.6. The van der Waals surface area contributed by atoms with E-state index >= 15 is 0 Å². The van der Waals surface area contributed by atoms with E-state index in [2.05, 4.69) is 48.2 Å². The van der Waals surface area contributed by atoms with Gasteiger partial charge in [0.2, 0.25) is 0 Å². The molecule has 0 saturated carbocycles. The van der Waals surface area contributed by atoms with Crippen LogP contribution >= 0.6 is 0 Å². The Hall–Kier alpha value is -4.06. The third kappa shape index (κ3) is 5.70. The predicted molar refractivity (Wildman–Crippen MR) is 156 cm³/mol. The molecule has 0 spiro atoms. The van der Waals surface area contributed by atoms with Crippen molar-refractivity contribution in [2.75, 3.05) is 24.6 Å². The van der Waals surface area contributed by atoms with E-state index < -0.39 is 0 Å². The molecule has 4 aromatic rings. The molecule has 39 heavy (non-hydrogen) atoms. The second kappa shape index (κ2) is 11.8. The van der Waals surface area contributed by atoms with Crippen molar-refractivity contribution in [3.63, 3.8) is 0 Å². The first-order valence-electron chi connectivity index (χ1n) is 13.9. The van der Waals surface area contributed by atoms with Crippen LogP contribution in [0.15, 0.2) is 96.1 Å². The van der Waals surface area contributed by atoms with Crippen LogP contribution in [0.3, 0.4) is 0 Å². The monoisotopic (exact) mass is 523 g/mol. The number of carbonyl (C=O) groups is 1. The van der Waals surface area contributed by atoms with Gasteiger partial charge in [0.25, 0.3) is 0 Å². The largest absolute Gasteiger partial charge is 0.466 e. The van der Waals surface area contributed by atoms with Gasteiger partial charge in [0.1, 0.15) is 0 Å². The summed E-state index contributed by atoms with van der Waals surface area (Å²) in [6.07, 6.45) is 5.53. The summed E-state index contributed by atoms with van der Waals surface area (Å²) in [7, 11) is 0. The molecule has 1 aromatic heterocycles. The summed E-state index contributed by atoms with van der Waals surface area (Å²) in [6.45, 7) is 8.11. The first kappa shape index (κ1) is 26.5. The summed E-state index contributed by atoms with van der Waals surface area (Å²) in [5.41, 5.74) is 5.27. The van der Waals surface area contributed by atoms with Gasteiger partial charge in [-0.3, -0.25) is 13.9 Å². The second-order valence-electron chi connectivity index (χ2n) is 10.4. The van der Waals surface area contributed by atoms with E-state index in [1.54, 1.807) is 9.13 Å². The molecule has 202 valence electrons. The highest BCUT2D eigenvalue weighted by molar-refractivity contribution is 5.78. The lowest BCUT2D eigenvalue weighted by molar-refractivity contribution is -0.146. The van der Waals surface area contributed by atoms with Crippen molar-refractivity contribution in [3.8, 4) is 5.69 Å². The summed E-state index contributed by atoms with van der Waals surface area (Å²) in [4.78, 5) is 28.5. The molecule has 1 aliphatic heterocycles. The minimum Gasteiger partial charge on any atom is -0.466 e. The highest BCUT2D eigenvalue weighted by Crippen LogP contribution is 2.35. The predicted octanol–water partition coefficient (Wildman–Crippen LogP) is 6.12. The molecule has 1 aliphatic rings. The second-order valence-corrected chi connectivity index (χ2v) is 10.4. The summed E-state index contributed by atoms with van der Waals surface area (Å²) >= 11 is 0. The van der Waals surface area contributed by atoms with Crippen LogP contribution in [-0.2, 0) is 9.53 Å². The SMILES string of the molecule is CCOC(=O)C(c1ccccc1)C1CCN(c2ccc(-n3ccn([C@@H](C)c4ccc(C)cc4)c3=O)cc2)CC1. The maximum atomic E-state index is 13.2. The van der Waals surface area contributed by atoms with Gasteiger partial charge in [-0.15, -0.1) is 0 Å². The Labute approximate surface area is 230 Å². The highest BCUT2D eigenvalue weighted by atomic mass is 16.5. The van der Waals surface area contributed by atoms with Gasteiger partial charge < -0.3 is 9.64 Å². The summed E-state index contributed by atoms with van der Waals surface area (Å²) in [6, 6.07) is 26.5. The Morgan fingerprint density at radius 2 is 1.51 bits per heavy atom. The molecule has 3 aromatic carbocycles. The van der Waals surface area contributed by atoms with E-state index in [4.69, 9.17) is 4.74 Å². The Morgan fingerprint density at radius 1 is 0.872 bits per heavy atom. The fraction of sp³-hybridized carbons (Fsp3) is 0.333. The highest BCUT2D eigenvalue weighted by Gasteiger charge is 2.33. The molecule has 0 N–H and O–H groups in total. The van der Waals surface area contributed by atoms with Crippen LogP contribution in [0.25, 0.3) is 5.69 Å². The van der Waals surface area contributed by atoms with Crippen LogP contribution in [0.2, 0.25) is 0 Å². The Morgan fingerprint density at radius 3 is 2.15 bits per heavy atom. The lowest BCUT2D eigenvalue weighted by Gasteiger charge is -2.36. The molecule has 6 heteroatoms. The molecule has 1 unspecified atom stereocenters. The zero-order chi connectivity index (χ0) is 27.4. The molecule has 0 aliphatic carbocycles. The molecule has 0 amide bonds. The first-order chi connectivity index (χ1) is 19.0. The third-order valence-electron chi connectivity index (χ3n) is 7.98. The fourth-order valence-electron chi connectivity index (χ4n) is 5.70. The minimum absolute atomic E-state index is 0.0470. The van der Waals surface area contributed by atoms with Gasteiger partial charge in [-0.25, -0.2) is 4.79 Å². The number of hydrogen-bond donors (Lipinski definition) is 0. The van der Waals surface area contributed by atoms with E-state index in [1.165, 1.54) is 5.56 Å². The number of imidazole rings is 1. The summed E-state index contributed by atoms with van der Waals surface area (Å²) in [5.74, 6) is -0.106. The number of benzene rings is 3. The van der Waals surface area contributed by atoms with E-state index in [0.717, 1.165) is 48.4 Å². The summed E-state index contributed by atoms with van der Waals surface area (Å²) in [5, 5.41) is 0. The van der Waals surface area contributed by atoms with Crippen LogP contribution in [0, 0.1) is 12.8 Å². The van der Waals surface area contributed by atoms with Crippen molar-refractivity contribution in [2.45, 2.75) is 45.6 Å². The van der Waals surface area contributed by atoms with Gasteiger partial charge >= 0.3 is 11.7 Å². The van der Waals surface area contributed by atoms with E-state index in [1.807, 2.05) is 68.7 Å². The Kier molecular flexibility index (Phi) is 8.01. The maximum Gasteiger partial charge on any atom is 0.333 e. The molecule has 5 rings (SSSR count). The molecule has 2 atom stereocenters. The maximum absolute atomic E-state index is 13.2. The number of esters is 1. The lowest BCUT2D eigenvalue weighted by atomic mass is 9.80. The smallest absolute Gasteiger partial charge is 0.333 e. The van der Waals surface area contributed by atoms with Crippen molar-refractivity contribution in [3.05, 3.63) is 118 Å². The van der Waals surface area contributed by atoms with Gasteiger partial charge in [0.15, 0.2) is 0 Å². The Balaban J connectivity index is 1.27. The summed E-state index contributed by atoms with van der Waals surface area (Å²) < 4.78 is 8.92. The molecular formula is C33H37N3O3. The van der Waals surface area contributed by atoms with Gasteiger partial charge in [0.05, 0.1) is 24.3 Å². The van der Waals surface area contributed by atoms with E-state index in [9.17, 15) is 9.59 Å². The van der Waals surface area contributed by atoms with Crippen molar-refractivity contribution in [1.82, 2.24) is 9.13 Å². The Bertz CT molecular complexity index is 1430. The molecule has 0 radical (unpaired) electrons. The van der Waals surface area contributed by atoms with Crippen LogP contribution in [0.5, 0.6) is 0 Å². The molecular weight excluding hydrogens is 486 g/mol. The number of piperidine rings is 1. The van der Waals surface area contributed by atoms with E-state index in [0.29, 0.717) is 6.61 Å². The molecule has 1 saturated heterocycles. The number of aromatic nitrogens is 2. The van der Waals surface area contributed by atoms with Crippen molar-refractivity contribution in [1.29, 1.82) is 0 Å². The van der Waals surface area contributed by atoms with E-state index in [-0.39, 0.29) is 29.5 Å². The first-order valence-corrected chi connectivity index (χ1v) is 13.9. The zero-order valence-electron chi connectivity index (χ0n) is 23.0. The van der Waals surface area contributed by atoms with Crippen molar-refractivity contribution >= 4 is 11.7 Å². The average molecular weight is 524 g/mol. The van der Waals surface area contributed by atoms with Crippen molar-refractivity contribution < 1.29 is 9.53 Å². The van der Waals surface area contributed by atoms with Gasteiger partial charge in [-0.1, -0.05) is 60.2 Å². The van der Waals surface area contributed by atoms with Gasteiger partial charge in [-0.2, -0.15) is 0 Å². The number of nitrogens with zero attached hydrogens (tertiary/aromatic N) is 3. The molecule has 1 fully saturated rings. The van der Waals surface area contributed by atoms with Crippen LogP contribution in [0.4, 0.5) is 5.69 Å². The fourth-order valence-corrected chi connectivity index (χ4v) is 5.70. The van der Waals surface area contributed by atoms with Crippen LogP contribution in [0.1, 0.15) is 55.3 Å². The molecule has 2 heterocycles. The minimum atomic E-state index is -0.228. The van der Waals surface area contributed by atoms with Crippen molar-refractivity contribution in [2.24, 2.45) is 5.92 Å². The number of aryl methyl sites for hydroxylation is 1. The lowest BCUT2D eigenvalue weighted by Crippen LogP contribution is -2.37. The standard InChI is InChI=1S/C33H37N3O3/c1-4-39-32(37)31(27-8-6-5-7-9-27)28-18-20-34(21-19-28)29-14-16-30(17-15-29)36-23-22-35(33(36)38)25(3)26-12-10-24(2)11-13-26/h5-17,22-23,25,28,31H,4,18-21H2,1-3H3/t25-,31?/m0/s1. The molecule has 6 nitrogen and oxygen atoms in total. The van der Waals surface area contributed by atoms with Gasteiger partial charge in [-0.05, 0) is 74.9 Å². The number of ether oxygens (including phenoxy) is 1.